The number of thiophene rings is 1. The Morgan fingerprint density at radius 3 is 2.52 bits per heavy atom. The van der Waals surface area contributed by atoms with Gasteiger partial charge in [-0.05, 0) is 30.7 Å². The molecule has 0 aliphatic heterocycles. The van der Waals surface area contributed by atoms with Gasteiger partial charge in [0.05, 0.1) is 4.88 Å². The number of aliphatic hydroxyl groups excluding tert-OH is 1. The summed E-state index contributed by atoms with van der Waals surface area (Å²) in [6.45, 7) is 1.44. The molecule has 21 heavy (non-hydrogen) atoms. The number of hydrogen-bond donors (Lipinski definition) is 3. The van der Waals surface area contributed by atoms with Crippen LogP contribution in [0.5, 0.6) is 0 Å². The van der Waals surface area contributed by atoms with Gasteiger partial charge >= 0.3 is 0 Å². The van der Waals surface area contributed by atoms with E-state index in [1.54, 1.807) is 6.07 Å². The SMILES string of the molecule is O=C(CCCNC(=O)c1cccs1)NCCCCCCO. The molecule has 0 unspecified atom stereocenters. The van der Waals surface area contributed by atoms with E-state index >= 15 is 0 Å². The summed E-state index contributed by atoms with van der Waals surface area (Å²) in [5.74, 6) is -0.0446. The molecule has 1 rings (SSSR count). The van der Waals surface area contributed by atoms with E-state index in [-0.39, 0.29) is 18.4 Å². The Morgan fingerprint density at radius 1 is 1.05 bits per heavy atom. The maximum absolute atomic E-state index is 11.6. The van der Waals surface area contributed by atoms with E-state index in [0.717, 1.165) is 25.7 Å². The van der Waals surface area contributed by atoms with Crippen LogP contribution in [0.3, 0.4) is 0 Å². The molecule has 1 aromatic rings. The van der Waals surface area contributed by atoms with E-state index in [4.69, 9.17) is 5.11 Å². The molecule has 0 saturated carbocycles. The first-order valence-electron chi connectivity index (χ1n) is 7.43. The van der Waals surface area contributed by atoms with Crippen molar-refractivity contribution in [2.45, 2.75) is 38.5 Å². The lowest BCUT2D eigenvalue weighted by molar-refractivity contribution is -0.121. The molecule has 0 aromatic carbocycles. The van der Waals surface area contributed by atoms with Crippen molar-refractivity contribution in [3.05, 3.63) is 22.4 Å². The minimum atomic E-state index is -0.0747. The molecule has 0 radical (unpaired) electrons. The van der Waals surface area contributed by atoms with Crippen LogP contribution in [0, 0.1) is 0 Å². The normalized spacial score (nSPS) is 10.3. The Labute approximate surface area is 129 Å². The van der Waals surface area contributed by atoms with Crippen LogP contribution in [0.15, 0.2) is 17.5 Å². The largest absolute Gasteiger partial charge is 0.396 e. The zero-order valence-electron chi connectivity index (χ0n) is 12.3. The minimum Gasteiger partial charge on any atom is -0.396 e. The molecule has 0 aliphatic carbocycles. The Morgan fingerprint density at radius 2 is 1.81 bits per heavy atom. The lowest BCUT2D eigenvalue weighted by atomic mass is 10.2. The Bertz CT molecular complexity index is 407. The summed E-state index contributed by atoms with van der Waals surface area (Å²) in [5, 5.41) is 16.2. The molecule has 0 bridgehead atoms. The molecule has 0 fully saturated rings. The molecule has 118 valence electrons. The minimum absolute atomic E-state index is 0.0301. The molecular formula is C15H24N2O3S. The average Bonchev–Trinajstić information content (AvgIpc) is 3.01. The van der Waals surface area contributed by atoms with E-state index in [2.05, 4.69) is 10.6 Å². The zero-order valence-corrected chi connectivity index (χ0v) is 13.1. The van der Waals surface area contributed by atoms with Crippen LogP contribution in [0.25, 0.3) is 0 Å². The molecule has 0 saturated heterocycles. The van der Waals surface area contributed by atoms with E-state index < -0.39 is 0 Å². The highest BCUT2D eigenvalue weighted by Gasteiger charge is 2.06. The topological polar surface area (TPSA) is 78.4 Å². The summed E-state index contributed by atoms with van der Waals surface area (Å²) in [6, 6.07) is 3.62. The van der Waals surface area contributed by atoms with Gasteiger partial charge in [-0.2, -0.15) is 0 Å². The van der Waals surface area contributed by atoms with Crippen molar-refractivity contribution in [1.82, 2.24) is 10.6 Å². The van der Waals surface area contributed by atoms with Gasteiger partial charge in [0.1, 0.15) is 0 Å². The number of aliphatic hydroxyl groups is 1. The van der Waals surface area contributed by atoms with Gasteiger partial charge < -0.3 is 15.7 Å². The second-order valence-corrected chi connectivity index (χ2v) is 5.77. The molecule has 5 nitrogen and oxygen atoms in total. The van der Waals surface area contributed by atoms with Gasteiger partial charge in [-0.15, -0.1) is 11.3 Å². The number of carbonyl (C=O) groups excluding carboxylic acids is 2. The number of unbranched alkanes of at least 4 members (excludes halogenated alkanes) is 3. The van der Waals surface area contributed by atoms with Crippen molar-refractivity contribution < 1.29 is 14.7 Å². The fourth-order valence-electron chi connectivity index (χ4n) is 1.85. The van der Waals surface area contributed by atoms with Crippen molar-refractivity contribution in [2.24, 2.45) is 0 Å². The number of carbonyl (C=O) groups is 2. The van der Waals surface area contributed by atoms with E-state index in [9.17, 15) is 9.59 Å². The van der Waals surface area contributed by atoms with E-state index in [1.165, 1.54) is 11.3 Å². The lowest BCUT2D eigenvalue weighted by Crippen LogP contribution is -2.27. The monoisotopic (exact) mass is 312 g/mol. The summed E-state index contributed by atoms with van der Waals surface area (Å²) in [7, 11) is 0. The Hall–Kier alpha value is -1.40. The summed E-state index contributed by atoms with van der Waals surface area (Å²) in [5.41, 5.74) is 0. The first-order chi connectivity index (χ1) is 10.2. The van der Waals surface area contributed by atoms with Gasteiger partial charge in [0, 0.05) is 26.1 Å². The molecule has 1 heterocycles. The third-order valence-corrected chi connectivity index (χ3v) is 3.89. The molecule has 0 aliphatic rings. The van der Waals surface area contributed by atoms with Crippen LogP contribution in [0.4, 0.5) is 0 Å². The second kappa shape index (κ2) is 11.3. The predicted molar refractivity (Wildman–Crippen MR) is 84.4 cm³/mol. The zero-order chi connectivity index (χ0) is 15.3. The Balaban J connectivity index is 1.95. The third-order valence-electron chi connectivity index (χ3n) is 3.02. The molecule has 0 atom stereocenters. The molecule has 0 spiro atoms. The number of amides is 2. The van der Waals surface area contributed by atoms with Gasteiger partial charge in [-0.3, -0.25) is 9.59 Å². The smallest absolute Gasteiger partial charge is 0.261 e. The second-order valence-electron chi connectivity index (χ2n) is 4.82. The molecule has 1 aromatic heterocycles. The highest BCUT2D eigenvalue weighted by molar-refractivity contribution is 7.12. The lowest BCUT2D eigenvalue weighted by Gasteiger charge is -2.06. The van der Waals surface area contributed by atoms with Gasteiger partial charge in [0.2, 0.25) is 5.91 Å². The van der Waals surface area contributed by atoms with Crippen molar-refractivity contribution in [2.75, 3.05) is 19.7 Å². The first-order valence-corrected chi connectivity index (χ1v) is 8.31. The van der Waals surface area contributed by atoms with Gasteiger partial charge in [0.15, 0.2) is 0 Å². The van der Waals surface area contributed by atoms with Gasteiger partial charge in [-0.1, -0.05) is 18.9 Å². The summed E-state index contributed by atoms with van der Waals surface area (Å²) < 4.78 is 0. The molecule has 2 amide bonds. The van der Waals surface area contributed by atoms with Crippen LogP contribution >= 0.6 is 11.3 Å². The Kier molecular flexibility index (Phi) is 9.48. The fraction of sp³-hybridized carbons (Fsp3) is 0.600. The third kappa shape index (κ3) is 8.47. The van der Waals surface area contributed by atoms with E-state index in [1.807, 2.05) is 11.4 Å². The van der Waals surface area contributed by atoms with Gasteiger partial charge in [0.25, 0.3) is 5.91 Å². The maximum atomic E-state index is 11.6. The summed E-state index contributed by atoms with van der Waals surface area (Å²) in [6.07, 6.45) is 4.88. The summed E-state index contributed by atoms with van der Waals surface area (Å²) >= 11 is 1.41. The van der Waals surface area contributed by atoms with Crippen LogP contribution < -0.4 is 10.6 Å². The van der Waals surface area contributed by atoms with E-state index in [0.29, 0.717) is 30.8 Å². The van der Waals surface area contributed by atoms with Crippen LogP contribution in [0.1, 0.15) is 48.2 Å². The van der Waals surface area contributed by atoms with Crippen LogP contribution in [-0.4, -0.2) is 36.6 Å². The first kappa shape index (κ1) is 17.7. The highest BCUT2D eigenvalue weighted by atomic mass is 32.1. The van der Waals surface area contributed by atoms with Crippen molar-refractivity contribution >= 4 is 23.2 Å². The van der Waals surface area contributed by atoms with Crippen LogP contribution in [-0.2, 0) is 4.79 Å². The summed E-state index contributed by atoms with van der Waals surface area (Å²) in [4.78, 5) is 23.9. The highest BCUT2D eigenvalue weighted by Crippen LogP contribution is 2.07. The fourth-order valence-corrected chi connectivity index (χ4v) is 2.49. The number of nitrogens with one attached hydrogen (secondary N) is 2. The quantitative estimate of drug-likeness (QED) is 0.546. The number of rotatable bonds is 11. The van der Waals surface area contributed by atoms with Crippen molar-refractivity contribution in [3.8, 4) is 0 Å². The average molecular weight is 312 g/mol. The predicted octanol–water partition coefficient (Wildman–Crippen LogP) is 1.93. The molecule has 6 heteroatoms. The van der Waals surface area contributed by atoms with Gasteiger partial charge in [-0.25, -0.2) is 0 Å². The molecular weight excluding hydrogens is 288 g/mol. The van der Waals surface area contributed by atoms with Crippen LogP contribution in [0.2, 0.25) is 0 Å². The molecule has 3 N–H and O–H groups in total. The number of hydrogen-bond acceptors (Lipinski definition) is 4. The maximum Gasteiger partial charge on any atom is 0.261 e. The van der Waals surface area contributed by atoms with Crippen molar-refractivity contribution in [1.29, 1.82) is 0 Å². The van der Waals surface area contributed by atoms with Crippen molar-refractivity contribution in [3.63, 3.8) is 0 Å². The standard InChI is InChI=1S/C15H24N2O3S/c18-11-4-2-1-3-9-16-14(19)8-5-10-17-15(20)13-7-6-12-21-13/h6-7,12,18H,1-5,8-11H2,(H,16,19)(H,17,20).